The average Bonchev–Trinajstić information content (AvgIpc) is 2.97. The van der Waals surface area contributed by atoms with Gasteiger partial charge in [-0.15, -0.1) is 0 Å². The van der Waals surface area contributed by atoms with Crippen molar-refractivity contribution >= 4 is 15.8 Å². The number of sulfone groups is 1. The standard InChI is InChI=1S/C21H33N5O2S/c1-7-18-17(19(8-2)26(5)25-18)14-24-21(22-9-3)23-13-16-10-11-20(15(4)12-16)29(6,27)28/h10-12H,7-9,13-14H2,1-6H3,(H2,22,23,24). The third kappa shape index (κ3) is 5.82. The zero-order valence-corrected chi connectivity index (χ0v) is 19.2. The van der Waals surface area contributed by atoms with Crippen LogP contribution in [0.5, 0.6) is 0 Å². The summed E-state index contributed by atoms with van der Waals surface area (Å²) in [5.41, 5.74) is 5.29. The first kappa shape index (κ1) is 22.9. The summed E-state index contributed by atoms with van der Waals surface area (Å²) >= 11 is 0. The maximum Gasteiger partial charge on any atom is 0.191 e. The lowest BCUT2D eigenvalue weighted by molar-refractivity contribution is 0.601. The van der Waals surface area contributed by atoms with E-state index in [4.69, 9.17) is 0 Å². The molecule has 0 bridgehead atoms. The van der Waals surface area contributed by atoms with E-state index < -0.39 is 9.84 Å². The Kier molecular flexibility index (Phi) is 7.84. The van der Waals surface area contributed by atoms with Crippen LogP contribution in [0.3, 0.4) is 0 Å². The molecule has 0 amide bonds. The summed E-state index contributed by atoms with van der Waals surface area (Å²) in [6.45, 7) is 9.99. The molecule has 8 heteroatoms. The highest BCUT2D eigenvalue weighted by atomic mass is 32.2. The molecule has 0 fully saturated rings. The fourth-order valence-corrected chi connectivity index (χ4v) is 4.46. The predicted octanol–water partition coefficient (Wildman–Crippen LogP) is 2.51. The molecule has 1 aromatic heterocycles. The highest BCUT2D eigenvalue weighted by Crippen LogP contribution is 2.17. The van der Waals surface area contributed by atoms with Gasteiger partial charge in [0.2, 0.25) is 0 Å². The first-order valence-corrected chi connectivity index (χ1v) is 12.0. The van der Waals surface area contributed by atoms with E-state index in [1.54, 1.807) is 6.07 Å². The van der Waals surface area contributed by atoms with Gasteiger partial charge in [0.1, 0.15) is 0 Å². The Labute approximate surface area is 174 Å². The van der Waals surface area contributed by atoms with E-state index in [2.05, 4.69) is 34.6 Å². The number of hydrogen-bond donors (Lipinski definition) is 2. The highest BCUT2D eigenvalue weighted by molar-refractivity contribution is 7.90. The van der Waals surface area contributed by atoms with Gasteiger partial charge in [-0.2, -0.15) is 5.10 Å². The number of aryl methyl sites for hydroxylation is 3. The molecule has 1 heterocycles. The van der Waals surface area contributed by atoms with Gasteiger partial charge >= 0.3 is 0 Å². The van der Waals surface area contributed by atoms with Gasteiger partial charge in [-0.3, -0.25) is 4.68 Å². The van der Waals surface area contributed by atoms with Crippen molar-refractivity contribution in [3.8, 4) is 0 Å². The van der Waals surface area contributed by atoms with Gasteiger partial charge in [0, 0.05) is 37.7 Å². The first-order chi connectivity index (χ1) is 13.7. The minimum atomic E-state index is -3.21. The van der Waals surface area contributed by atoms with Crippen LogP contribution >= 0.6 is 0 Å². The fraction of sp³-hybridized carbons (Fsp3) is 0.524. The van der Waals surface area contributed by atoms with Crippen molar-refractivity contribution in [2.75, 3.05) is 12.8 Å². The van der Waals surface area contributed by atoms with Gasteiger partial charge in [-0.05, 0) is 43.9 Å². The van der Waals surface area contributed by atoms with Gasteiger partial charge in [0.15, 0.2) is 15.8 Å². The zero-order chi connectivity index (χ0) is 21.6. The lowest BCUT2D eigenvalue weighted by Crippen LogP contribution is -2.37. The number of rotatable bonds is 8. The Morgan fingerprint density at radius 1 is 1.17 bits per heavy atom. The van der Waals surface area contributed by atoms with Crippen molar-refractivity contribution in [2.45, 2.75) is 58.5 Å². The Morgan fingerprint density at radius 3 is 2.45 bits per heavy atom. The van der Waals surface area contributed by atoms with Gasteiger partial charge in [0.25, 0.3) is 0 Å². The molecule has 160 valence electrons. The van der Waals surface area contributed by atoms with Crippen molar-refractivity contribution < 1.29 is 8.42 Å². The number of nitrogens with one attached hydrogen (secondary N) is 2. The number of aliphatic imine (C=N–C) groups is 1. The molecular weight excluding hydrogens is 386 g/mol. The Bertz CT molecular complexity index is 977. The van der Waals surface area contributed by atoms with E-state index in [0.717, 1.165) is 42.2 Å². The highest BCUT2D eigenvalue weighted by Gasteiger charge is 2.14. The van der Waals surface area contributed by atoms with E-state index in [1.807, 2.05) is 37.7 Å². The molecule has 29 heavy (non-hydrogen) atoms. The third-order valence-electron chi connectivity index (χ3n) is 4.86. The normalized spacial score (nSPS) is 12.3. The van der Waals surface area contributed by atoms with Crippen LogP contribution in [-0.2, 0) is 42.8 Å². The molecule has 0 saturated heterocycles. The maximum absolute atomic E-state index is 11.8. The Morgan fingerprint density at radius 2 is 1.90 bits per heavy atom. The lowest BCUT2D eigenvalue weighted by Gasteiger charge is -2.13. The van der Waals surface area contributed by atoms with Crippen LogP contribution in [0, 0.1) is 6.92 Å². The summed E-state index contributed by atoms with van der Waals surface area (Å²) in [4.78, 5) is 5.03. The molecule has 0 atom stereocenters. The zero-order valence-electron chi connectivity index (χ0n) is 18.3. The van der Waals surface area contributed by atoms with Gasteiger partial charge in [-0.1, -0.05) is 26.0 Å². The van der Waals surface area contributed by atoms with Gasteiger partial charge < -0.3 is 10.6 Å². The van der Waals surface area contributed by atoms with Crippen molar-refractivity contribution in [1.82, 2.24) is 20.4 Å². The quantitative estimate of drug-likeness (QED) is 0.507. The molecule has 2 rings (SSSR count). The fourth-order valence-electron chi connectivity index (χ4n) is 3.50. The van der Waals surface area contributed by atoms with E-state index >= 15 is 0 Å². The second-order valence-corrected chi connectivity index (χ2v) is 9.11. The molecule has 0 aliphatic heterocycles. The molecule has 1 aromatic carbocycles. The second kappa shape index (κ2) is 9.91. The van der Waals surface area contributed by atoms with Crippen LogP contribution in [-0.4, -0.2) is 37.0 Å². The molecule has 0 aliphatic rings. The summed E-state index contributed by atoms with van der Waals surface area (Å²) in [7, 11) is -1.22. The van der Waals surface area contributed by atoms with E-state index in [0.29, 0.717) is 18.0 Å². The number of guanidine groups is 1. The molecule has 0 radical (unpaired) electrons. The maximum atomic E-state index is 11.8. The number of benzene rings is 1. The van der Waals surface area contributed by atoms with E-state index in [1.165, 1.54) is 17.5 Å². The molecule has 0 aliphatic carbocycles. The van der Waals surface area contributed by atoms with Crippen LogP contribution in [0.1, 0.15) is 48.8 Å². The van der Waals surface area contributed by atoms with Crippen molar-refractivity contribution in [3.05, 3.63) is 46.3 Å². The number of aromatic nitrogens is 2. The van der Waals surface area contributed by atoms with Crippen LogP contribution in [0.15, 0.2) is 28.1 Å². The van der Waals surface area contributed by atoms with Crippen molar-refractivity contribution in [2.24, 2.45) is 12.0 Å². The first-order valence-electron chi connectivity index (χ1n) is 10.1. The Hall–Kier alpha value is -2.35. The summed E-state index contributed by atoms with van der Waals surface area (Å²) in [6, 6.07) is 5.36. The molecule has 2 aromatic rings. The van der Waals surface area contributed by atoms with E-state index in [-0.39, 0.29) is 0 Å². The molecule has 0 saturated carbocycles. The molecular formula is C21H33N5O2S. The van der Waals surface area contributed by atoms with Crippen molar-refractivity contribution in [3.63, 3.8) is 0 Å². The average molecular weight is 420 g/mol. The number of hydrogen-bond acceptors (Lipinski definition) is 4. The van der Waals surface area contributed by atoms with Crippen molar-refractivity contribution in [1.29, 1.82) is 0 Å². The minimum absolute atomic E-state index is 0.367. The molecule has 0 unspecified atom stereocenters. The molecule has 2 N–H and O–H groups in total. The largest absolute Gasteiger partial charge is 0.357 e. The Balaban J connectivity index is 2.16. The summed E-state index contributed by atoms with van der Waals surface area (Å²) in [5.74, 6) is 0.727. The van der Waals surface area contributed by atoms with Gasteiger partial charge in [0.05, 0.1) is 17.1 Å². The lowest BCUT2D eigenvalue weighted by atomic mass is 10.1. The van der Waals surface area contributed by atoms with Crippen LogP contribution < -0.4 is 10.6 Å². The van der Waals surface area contributed by atoms with Gasteiger partial charge in [-0.25, -0.2) is 13.4 Å². The summed E-state index contributed by atoms with van der Waals surface area (Å²) in [5, 5.41) is 11.3. The molecule has 0 spiro atoms. The third-order valence-corrected chi connectivity index (χ3v) is 6.12. The van der Waals surface area contributed by atoms with Crippen LogP contribution in [0.25, 0.3) is 0 Å². The topological polar surface area (TPSA) is 88.4 Å². The molecule has 7 nitrogen and oxygen atoms in total. The predicted molar refractivity (Wildman–Crippen MR) is 118 cm³/mol. The summed E-state index contributed by atoms with van der Waals surface area (Å²) < 4.78 is 25.5. The monoisotopic (exact) mass is 419 g/mol. The smallest absolute Gasteiger partial charge is 0.191 e. The van der Waals surface area contributed by atoms with E-state index in [9.17, 15) is 8.42 Å². The SMILES string of the molecule is CCNC(=NCc1ccc(S(C)(=O)=O)c(C)c1)NCc1c(CC)nn(C)c1CC. The second-order valence-electron chi connectivity index (χ2n) is 7.12. The van der Waals surface area contributed by atoms with Crippen LogP contribution in [0.2, 0.25) is 0 Å². The number of nitrogens with zero attached hydrogens (tertiary/aromatic N) is 3. The summed E-state index contributed by atoms with van der Waals surface area (Å²) in [6.07, 6.45) is 3.05. The van der Waals surface area contributed by atoms with Crippen LogP contribution in [0.4, 0.5) is 0 Å². The minimum Gasteiger partial charge on any atom is -0.357 e.